The van der Waals surface area contributed by atoms with E-state index >= 15 is 0 Å². The van der Waals surface area contributed by atoms with Crippen LogP contribution in [0.4, 0.5) is 0 Å². The lowest BCUT2D eigenvalue weighted by Gasteiger charge is -2.29. The number of hydrogen-bond acceptors (Lipinski definition) is 6. The van der Waals surface area contributed by atoms with E-state index in [1.54, 1.807) is 0 Å². The Labute approximate surface area is 185 Å². The smallest absolute Gasteiger partial charge is 0.233 e. The van der Waals surface area contributed by atoms with Crippen LogP contribution in [0.5, 0.6) is 5.75 Å². The fraction of sp³-hybridized carbons (Fsp3) is 0.360. The highest BCUT2D eigenvalue weighted by Crippen LogP contribution is 2.61. The zero-order valence-electron chi connectivity index (χ0n) is 17.3. The van der Waals surface area contributed by atoms with Gasteiger partial charge in [-0.15, -0.1) is 0 Å². The molecule has 2 amide bonds. The van der Waals surface area contributed by atoms with Gasteiger partial charge in [0.25, 0.3) is 0 Å². The summed E-state index contributed by atoms with van der Waals surface area (Å²) in [6.07, 6.45) is 0.670. The average Bonchev–Trinajstić information content (AvgIpc) is 3.56. The van der Waals surface area contributed by atoms with Crippen LogP contribution in [0, 0.1) is 40.9 Å². The van der Waals surface area contributed by atoms with Gasteiger partial charge in [0.2, 0.25) is 11.8 Å². The van der Waals surface area contributed by atoms with Crippen molar-refractivity contribution in [3.63, 3.8) is 0 Å². The third-order valence-corrected chi connectivity index (χ3v) is 7.42. The van der Waals surface area contributed by atoms with Gasteiger partial charge < -0.3 is 9.57 Å². The summed E-state index contributed by atoms with van der Waals surface area (Å²) in [6.45, 7) is 0.322. The maximum atomic E-state index is 13.3. The van der Waals surface area contributed by atoms with Gasteiger partial charge in [0.1, 0.15) is 17.9 Å². The summed E-state index contributed by atoms with van der Waals surface area (Å²) in [4.78, 5) is 33.9. The van der Waals surface area contributed by atoms with Crippen molar-refractivity contribution in [2.24, 2.45) is 34.7 Å². The van der Waals surface area contributed by atoms with Crippen molar-refractivity contribution in [1.82, 2.24) is 4.90 Å². The molecule has 4 aliphatic rings. The lowest BCUT2D eigenvalue weighted by Crippen LogP contribution is -2.41. The highest BCUT2D eigenvalue weighted by atomic mass is 16.6. The first-order valence-corrected chi connectivity index (χ1v) is 10.9. The van der Waals surface area contributed by atoms with Crippen LogP contribution < -0.4 is 4.74 Å². The molecule has 3 fully saturated rings. The van der Waals surface area contributed by atoms with Gasteiger partial charge in [-0.1, -0.05) is 35.5 Å². The Hall–Kier alpha value is -3.66. The molecule has 0 unspecified atom stereocenters. The number of nitrogens with zero attached hydrogens (tertiary/aromatic N) is 3. The molecule has 7 heteroatoms. The van der Waals surface area contributed by atoms with Gasteiger partial charge in [0.15, 0.2) is 6.61 Å². The Balaban J connectivity index is 1.24. The molecule has 0 aromatic heterocycles. The van der Waals surface area contributed by atoms with Crippen LogP contribution in [0.1, 0.15) is 17.5 Å². The quantitative estimate of drug-likeness (QED) is 0.685. The molecule has 32 heavy (non-hydrogen) atoms. The molecule has 2 aliphatic carbocycles. The minimum atomic E-state index is -0.297. The van der Waals surface area contributed by atoms with Crippen LogP contribution >= 0.6 is 0 Å². The molecule has 2 saturated carbocycles. The summed E-state index contributed by atoms with van der Waals surface area (Å²) >= 11 is 0. The van der Waals surface area contributed by atoms with E-state index < -0.39 is 0 Å². The highest BCUT2D eigenvalue weighted by molar-refractivity contribution is 6.08. The summed E-state index contributed by atoms with van der Waals surface area (Å²) in [5, 5.41) is 13.0. The molecular formula is C25H21N3O4. The van der Waals surface area contributed by atoms with Crippen LogP contribution in [-0.2, 0) is 21.0 Å². The van der Waals surface area contributed by atoms with Crippen molar-refractivity contribution >= 4 is 17.5 Å². The van der Waals surface area contributed by atoms with Crippen molar-refractivity contribution in [2.45, 2.75) is 19.1 Å². The standard InChI is InChI=1S/C25H21N3O4/c26-10-11-31-16-8-6-15(7-9-16)22-21-17-12-18(23(21)32-27-22)20-19(17)24(29)28(25(20)30)13-14-4-2-1-3-5-14/h1-9,17-21,23H,11-13H2/t17-,18+,19+,20-,21+,23+/m0/s1. The number of amides is 2. The SMILES string of the molecule is N#CCOc1ccc(C2=NO[C@@H]3[C@@H]4C[C@@H]([C@H]5C(=O)N(Cc6ccccc6)C(=O)[C@@H]45)[C@H]23)cc1. The summed E-state index contributed by atoms with van der Waals surface area (Å²) in [5.41, 5.74) is 2.72. The van der Waals surface area contributed by atoms with Crippen LogP contribution in [-0.4, -0.2) is 35.1 Å². The van der Waals surface area contributed by atoms with E-state index in [9.17, 15) is 9.59 Å². The minimum Gasteiger partial charge on any atom is -0.479 e. The van der Waals surface area contributed by atoms with Gasteiger partial charge in [0, 0.05) is 17.4 Å². The Morgan fingerprint density at radius 1 is 1.00 bits per heavy atom. The van der Waals surface area contributed by atoms with E-state index in [1.807, 2.05) is 60.7 Å². The maximum absolute atomic E-state index is 13.3. The number of benzene rings is 2. The van der Waals surface area contributed by atoms with E-state index in [0.717, 1.165) is 23.3 Å². The number of hydrogen-bond donors (Lipinski definition) is 0. The van der Waals surface area contributed by atoms with Gasteiger partial charge in [-0.25, -0.2) is 0 Å². The monoisotopic (exact) mass is 427 g/mol. The van der Waals surface area contributed by atoms with Gasteiger partial charge >= 0.3 is 0 Å². The zero-order chi connectivity index (χ0) is 21.8. The second-order valence-electron chi connectivity index (χ2n) is 8.91. The third-order valence-electron chi connectivity index (χ3n) is 7.42. The first-order chi connectivity index (χ1) is 15.7. The predicted molar refractivity (Wildman–Crippen MR) is 113 cm³/mol. The first-order valence-electron chi connectivity index (χ1n) is 10.9. The largest absolute Gasteiger partial charge is 0.479 e. The molecule has 160 valence electrons. The Morgan fingerprint density at radius 2 is 1.72 bits per heavy atom. The number of ether oxygens (including phenoxy) is 1. The molecule has 2 bridgehead atoms. The zero-order valence-corrected chi connectivity index (χ0v) is 17.3. The summed E-state index contributed by atoms with van der Waals surface area (Å²) in [5.74, 6) is 0.00580. The van der Waals surface area contributed by atoms with E-state index in [1.165, 1.54) is 4.90 Å². The summed E-state index contributed by atoms with van der Waals surface area (Å²) in [7, 11) is 0. The van der Waals surface area contributed by atoms with Crippen LogP contribution in [0.3, 0.4) is 0 Å². The molecule has 2 heterocycles. The predicted octanol–water partition coefficient (Wildman–Crippen LogP) is 2.76. The van der Waals surface area contributed by atoms with Crippen LogP contribution in [0.15, 0.2) is 59.8 Å². The Kier molecular flexibility index (Phi) is 4.29. The number of rotatable bonds is 5. The van der Waals surface area contributed by atoms with Crippen molar-refractivity contribution < 1.29 is 19.2 Å². The maximum Gasteiger partial charge on any atom is 0.233 e. The van der Waals surface area contributed by atoms with Gasteiger partial charge in [-0.2, -0.15) is 5.26 Å². The highest BCUT2D eigenvalue weighted by Gasteiger charge is 2.70. The van der Waals surface area contributed by atoms with Crippen molar-refractivity contribution in [2.75, 3.05) is 6.61 Å². The molecule has 2 aliphatic heterocycles. The van der Waals surface area contributed by atoms with Crippen LogP contribution in [0.2, 0.25) is 0 Å². The summed E-state index contributed by atoms with van der Waals surface area (Å²) < 4.78 is 5.33. The normalized spacial score (nSPS) is 31.7. The molecule has 7 nitrogen and oxygen atoms in total. The Morgan fingerprint density at radius 3 is 2.44 bits per heavy atom. The number of fused-ring (bicyclic) bond motifs is 8. The Bertz CT molecular complexity index is 1150. The topological polar surface area (TPSA) is 92.0 Å². The fourth-order valence-electron chi connectivity index (χ4n) is 6.19. The number of imide groups is 1. The molecular weight excluding hydrogens is 406 g/mol. The van der Waals surface area contributed by atoms with Crippen molar-refractivity contribution in [1.29, 1.82) is 5.26 Å². The molecule has 0 radical (unpaired) electrons. The molecule has 0 N–H and O–H groups in total. The molecule has 6 atom stereocenters. The number of oxime groups is 1. The minimum absolute atomic E-state index is 0.00343. The number of nitriles is 1. The fourth-order valence-corrected chi connectivity index (χ4v) is 6.19. The first kappa shape index (κ1) is 19.1. The molecule has 2 aromatic carbocycles. The number of likely N-dealkylation sites (tertiary alicyclic amines) is 1. The van der Waals surface area contributed by atoms with Gasteiger partial charge in [0.05, 0.1) is 24.1 Å². The van der Waals surface area contributed by atoms with E-state index in [2.05, 4.69) is 5.16 Å². The molecule has 0 spiro atoms. The van der Waals surface area contributed by atoms with Gasteiger partial charge in [-0.3, -0.25) is 14.5 Å². The van der Waals surface area contributed by atoms with E-state index in [-0.39, 0.29) is 54.1 Å². The third kappa shape index (κ3) is 2.69. The second-order valence-corrected chi connectivity index (χ2v) is 8.91. The van der Waals surface area contributed by atoms with Crippen LogP contribution in [0.25, 0.3) is 0 Å². The average molecular weight is 427 g/mol. The number of carbonyl (C=O) groups excluding carboxylic acids is 2. The molecule has 1 saturated heterocycles. The lowest BCUT2D eigenvalue weighted by atomic mass is 9.71. The van der Waals surface area contributed by atoms with Gasteiger partial charge in [-0.05, 0) is 42.2 Å². The van der Waals surface area contributed by atoms with Crippen molar-refractivity contribution in [3.05, 3.63) is 65.7 Å². The second kappa shape index (κ2) is 7.20. The molecule has 2 aromatic rings. The van der Waals surface area contributed by atoms with Crippen molar-refractivity contribution in [3.8, 4) is 11.8 Å². The lowest BCUT2D eigenvalue weighted by molar-refractivity contribution is -0.141. The van der Waals surface area contributed by atoms with E-state index in [4.69, 9.17) is 14.8 Å². The summed E-state index contributed by atoms with van der Waals surface area (Å²) in [6, 6.07) is 19.0. The van der Waals surface area contributed by atoms with E-state index in [0.29, 0.717) is 12.3 Å². The molecule has 6 rings (SSSR count). The number of carbonyl (C=O) groups is 2.